The lowest BCUT2D eigenvalue weighted by atomic mass is 10.1. The molecule has 0 aromatic heterocycles. The monoisotopic (exact) mass is 358 g/mol. The van der Waals surface area contributed by atoms with E-state index in [9.17, 15) is 9.59 Å². The number of likely N-dealkylation sites (tertiary alicyclic amines) is 1. The molecule has 2 heterocycles. The van der Waals surface area contributed by atoms with Crippen molar-refractivity contribution in [2.24, 2.45) is 0 Å². The lowest BCUT2D eigenvalue weighted by Crippen LogP contribution is -2.50. The molecule has 0 radical (unpaired) electrons. The molecule has 26 heavy (non-hydrogen) atoms. The van der Waals surface area contributed by atoms with Crippen LogP contribution in [0.15, 0.2) is 24.3 Å². The van der Waals surface area contributed by atoms with E-state index in [0.717, 1.165) is 58.7 Å². The zero-order chi connectivity index (χ0) is 18.4. The van der Waals surface area contributed by atoms with Crippen molar-refractivity contribution < 1.29 is 9.59 Å². The van der Waals surface area contributed by atoms with Gasteiger partial charge in [-0.15, -0.1) is 0 Å². The summed E-state index contributed by atoms with van der Waals surface area (Å²) in [4.78, 5) is 30.7. The van der Waals surface area contributed by atoms with Crippen LogP contribution >= 0.6 is 0 Å². The molecule has 1 N–H and O–H groups in total. The Kier molecular flexibility index (Phi) is 6.63. The molecule has 2 aliphatic heterocycles. The van der Waals surface area contributed by atoms with Gasteiger partial charge in [-0.2, -0.15) is 0 Å². The minimum absolute atomic E-state index is 0.0523. The van der Waals surface area contributed by atoms with E-state index in [0.29, 0.717) is 18.0 Å². The number of rotatable bonds is 5. The minimum Gasteiger partial charge on any atom is -0.355 e. The molecule has 2 aliphatic rings. The van der Waals surface area contributed by atoms with Crippen molar-refractivity contribution in [2.45, 2.75) is 25.8 Å². The Morgan fingerprint density at radius 2 is 1.50 bits per heavy atom. The quantitative estimate of drug-likeness (QED) is 0.859. The van der Waals surface area contributed by atoms with E-state index in [4.69, 9.17) is 0 Å². The highest BCUT2D eigenvalue weighted by Crippen LogP contribution is 2.12. The second kappa shape index (κ2) is 9.14. The van der Waals surface area contributed by atoms with Gasteiger partial charge in [-0.05, 0) is 37.0 Å². The summed E-state index contributed by atoms with van der Waals surface area (Å²) in [7, 11) is 1.64. The topological polar surface area (TPSA) is 55.9 Å². The predicted octanol–water partition coefficient (Wildman–Crippen LogP) is 1.18. The van der Waals surface area contributed by atoms with E-state index in [2.05, 4.69) is 15.1 Å². The van der Waals surface area contributed by atoms with Gasteiger partial charge in [-0.1, -0.05) is 12.1 Å². The molecular weight excluding hydrogens is 328 g/mol. The minimum atomic E-state index is -0.0523. The van der Waals surface area contributed by atoms with Gasteiger partial charge in [-0.3, -0.25) is 19.4 Å². The molecule has 2 saturated heterocycles. The third-order valence-corrected chi connectivity index (χ3v) is 5.38. The standard InChI is InChI=1S/C20H30N4O2/c1-21-20(26)18-7-5-17(6-8-18)15-22-11-13-23(14-12-22)16-19(25)24-9-3-2-4-10-24/h5-8H,2-4,9-16H2,1H3,(H,21,26). The van der Waals surface area contributed by atoms with Crippen molar-refractivity contribution in [1.29, 1.82) is 0 Å². The highest BCUT2D eigenvalue weighted by atomic mass is 16.2. The first-order valence-electron chi connectivity index (χ1n) is 9.69. The molecule has 0 unspecified atom stereocenters. The van der Waals surface area contributed by atoms with Crippen LogP contribution in [0.3, 0.4) is 0 Å². The van der Waals surface area contributed by atoms with Gasteiger partial charge >= 0.3 is 0 Å². The molecule has 1 aromatic rings. The number of benzene rings is 1. The summed E-state index contributed by atoms with van der Waals surface area (Å²) < 4.78 is 0. The third-order valence-electron chi connectivity index (χ3n) is 5.38. The Labute approximate surface area is 156 Å². The fourth-order valence-corrected chi connectivity index (χ4v) is 3.70. The lowest BCUT2D eigenvalue weighted by Gasteiger charge is -2.36. The van der Waals surface area contributed by atoms with Gasteiger partial charge < -0.3 is 10.2 Å². The number of amides is 2. The Morgan fingerprint density at radius 3 is 2.12 bits per heavy atom. The number of carbonyl (C=O) groups is 2. The molecule has 0 aliphatic carbocycles. The molecule has 0 atom stereocenters. The molecule has 2 amide bonds. The molecule has 1 aromatic carbocycles. The number of hydrogen-bond acceptors (Lipinski definition) is 4. The number of carbonyl (C=O) groups excluding carboxylic acids is 2. The van der Waals surface area contributed by atoms with Crippen LogP contribution in [0.2, 0.25) is 0 Å². The molecule has 6 heteroatoms. The third kappa shape index (κ3) is 5.05. The SMILES string of the molecule is CNC(=O)c1ccc(CN2CCN(CC(=O)N3CCCCC3)CC2)cc1. The van der Waals surface area contributed by atoms with Gasteiger partial charge in [0.05, 0.1) is 6.54 Å². The van der Waals surface area contributed by atoms with Crippen LogP contribution in [-0.4, -0.2) is 79.4 Å². The van der Waals surface area contributed by atoms with Crippen LogP contribution < -0.4 is 5.32 Å². The van der Waals surface area contributed by atoms with E-state index < -0.39 is 0 Å². The lowest BCUT2D eigenvalue weighted by molar-refractivity contribution is -0.133. The molecule has 2 fully saturated rings. The van der Waals surface area contributed by atoms with Crippen LogP contribution in [0.4, 0.5) is 0 Å². The zero-order valence-electron chi connectivity index (χ0n) is 15.7. The summed E-state index contributed by atoms with van der Waals surface area (Å²) in [5.41, 5.74) is 1.91. The number of nitrogens with one attached hydrogen (secondary N) is 1. The first-order chi connectivity index (χ1) is 12.7. The van der Waals surface area contributed by atoms with Gasteiger partial charge in [-0.25, -0.2) is 0 Å². The smallest absolute Gasteiger partial charge is 0.251 e. The van der Waals surface area contributed by atoms with E-state index in [1.54, 1.807) is 7.05 Å². The average molecular weight is 358 g/mol. The second-order valence-electron chi connectivity index (χ2n) is 7.27. The Morgan fingerprint density at radius 1 is 0.885 bits per heavy atom. The average Bonchev–Trinajstić information content (AvgIpc) is 2.70. The van der Waals surface area contributed by atoms with Gasteiger partial charge in [0, 0.05) is 58.4 Å². The summed E-state index contributed by atoms with van der Waals surface area (Å²) in [6.45, 7) is 7.16. The van der Waals surface area contributed by atoms with Gasteiger partial charge in [0.15, 0.2) is 0 Å². The Bertz CT molecular complexity index is 603. The van der Waals surface area contributed by atoms with Crippen molar-refractivity contribution in [1.82, 2.24) is 20.0 Å². The first-order valence-corrected chi connectivity index (χ1v) is 9.69. The molecule has 0 bridgehead atoms. The van der Waals surface area contributed by atoms with Crippen molar-refractivity contribution in [3.05, 3.63) is 35.4 Å². The summed E-state index contributed by atoms with van der Waals surface area (Å²) in [5.74, 6) is 0.242. The maximum Gasteiger partial charge on any atom is 0.251 e. The van der Waals surface area contributed by atoms with Gasteiger partial charge in [0.25, 0.3) is 5.91 Å². The fraction of sp³-hybridized carbons (Fsp3) is 0.600. The zero-order valence-corrected chi connectivity index (χ0v) is 15.7. The summed E-state index contributed by atoms with van der Waals surface area (Å²) in [6.07, 6.45) is 3.56. The first kappa shape index (κ1) is 18.9. The molecule has 0 spiro atoms. The Hall–Kier alpha value is -1.92. The van der Waals surface area contributed by atoms with Gasteiger partial charge in [0.1, 0.15) is 0 Å². The summed E-state index contributed by atoms with van der Waals surface area (Å²) in [5, 5.41) is 2.64. The highest BCUT2D eigenvalue weighted by molar-refractivity contribution is 5.93. The van der Waals surface area contributed by atoms with Crippen molar-refractivity contribution in [3.63, 3.8) is 0 Å². The molecule has 3 rings (SSSR count). The number of hydrogen-bond donors (Lipinski definition) is 1. The number of nitrogens with zero attached hydrogens (tertiary/aromatic N) is 3. The van der Waals surface area contributed by atoms with E-state index >= 15 is 0 Å². The van der Waals surface area contributed by atoms with Gasteiger partial charge in [0.2, 0.25) is 5.91 Å². The number of piperazine rings is 1. The highest BCUT2D eigenvalue weighted by Gasteiger charge is 2.22. The Balaban J connectivity index is 1.42. The number of piperidine rings is 1. The van der Waals surface area contributed by atoms with Crippen molar-refractivity contribution in [2.75, 3.05) is 52.9 Å². The normalized spacial score (nSPS) is 19.3. The molecular formula is C20H30N4O2. The summed E-state index contributed by atoms with van der Waals surface area (Å²) >= 11 is 0. The maximum absolute atomic E-state index is 12.4. The fourth-order valence-electron chi connectivity index (χ4n) is 3.70. The van der Waals surface area contributed by atoms with Crippen LogP contribution in [0, 0.1) is 0 Å². The molecule has 6 nitrogen and oxygen atoms in total. The molecule has 0 saturated carbocycles. The largest absolute Gasteiger partial charge is 0.355 e. The van der Waals surface area contributed by atoms with Crippen molar-refractivity contribution in [3.8, 4) is 0 Å². The van der Waals surface area contributed by atoms with E-state index in [1.165, 1.54) is 12.0 Å². The predicted molar refractivity (Wildman–Crippen MR) is 102 cm³/mol. The maximum atomic E-state index is 12.4. The van der Waals surface area contributed by atoms with E-state index in [-0.39, 0.29) is 5.91 Å². The van der Waals surface area contributed by atoms with Crippen LogP contribution in [0.5, 0.6) is 0 Å². The van der Waals surface area contributed by atoms with Crippen molar-refractivity contribution >= 4 is 11.8 Å². The van der Waals surface area contributed by atoms with E-state index in [1.807, 2.05) is 29.2 Å². The van der Waals surface area contributed by atoms with Crippen LogP contribution in [0.25, 0.3) is 0 Å². The second-order valence-corrected chi connectivity index (χ2v) is 7.27. The summed E-state index contributed by atoms with van der Waals surface area (Å²) in [6, 6.07) is 7.80. The van der Waals surface area contributed by atoms with Crippen LogP contribution in [0.1, 0.15) is 35.2 Å². The molecule has 142 valence electrons. The van der Waals surface area contributed by atoms with Crippen LogP contribution in [-0.2, 0) is 11.3 Å².